The molecule has 0 radical (unpaired) electrons. The minimum absolute atomic E-state index is 0.149. The van der Waals surface area contributed by atoms with E-state index in [0.29, 0.717) is 51.8 Å². The van der Waals surface area contributed by atoms with Crippen LogP contribution in [0.3, 0.4) is 0 Å². The minimum Gasteiger partial charge on any atom is -0.494 e. The Morgan fingerprint density at radius 1 is 0.646 bits per heavy atom. The maximum absolute atomic E-state index is 14.0. The van der Waals surface area contributed by atoms with Gasteiger partial charge in [-0.3, -0.25) is 14.4 Å². The van der Waals surface area contributed by atoms with Crippen molar-refractivity contribution in [3.05, 3.63) is 107 Å². The van der Waals surface area contributed by atoms with Crippen molar-refractivity contribution in [1.82, 2.24) is 0 Å². The number of carbonyl (C=O) groups excluding carboxylic acids is 3. The SMILES string of the molecule is CCCCCCCCOc1ccc(Sc2cccc3c2C(=O)c2cccc(Sc4ccc(OC(=O)CCCC(C)C)cc4)c2C3=O)cc1. The molecule has 4 aromatic rings. The first kappa shape index (κ1) is 35.5. The van der Waals surface area contributed by atoms with Gasteiger partial charge in [0.15, 0.2) is 11.6 Å². The van der Waals surface area contributed by atoms with Crippen LogP contribution in [0.25, 0.3) is 0 Å². The Hall–Kier alpha value is -3.81. The zero-order chi connectivity index (χ0) is 33.9. The summed E-state index contributed by atoms with van der Waals surface area (Å²) in [5.41, 5.74) is 1.71. The van der Waals surface area contributed by atoms with Crippen LogP contribution in [0.4, 0.5) is 0 Å². The van der Waals surface area contributed by atoms with Crippen molar-refractivity contribution in [2.75, 3.05) is 6.61 Å². The molecule has 1 aliphatic carbocycles. The number of benzene rings is 4. The van der Waals surface area contributed by atoms with E-state index < -0.39 is 0 Å². The molecule has 4 aromatic carbocycles. The molecular formula is C41H44O5S2. The third kappa shape index (κ3) is 9.42. The summed E-state index contributed by atoms with van der Waals surface area (Å²) in [7, 11) is 0. The van der Waals surface area contributed by atoms with Gasteiger partial charge in [-0.15, -0.1) is 0 Å². The standard InChI is InChI=1S/C41H44O5S2/c1-4-5-6-7-8-9-27-45-29-19-23-31(24-20-29)47-35-16-11-14-33-38(35)40(43)34-15-12-17-36(39(34)41(33)44)48-32-25-21-30(22-26-32)46-37(42)18-10-13-28(2)3/h11-12,14-17,19-26,28H,4-10,13,18,27H2,1-3H3. The van der Waals surface area contributed by atoms with E-state index in [-0.39, 0.29) is 17.5 Å². The van der Waals surface area contributed by atoms with E-state index in [1.165, 1.54) is 55.6 Å². The predicted octanol–water partition coefficient (Wildman–Crippen LogP) is 11.2. The maximum Gasteiger partial charge on any atom is 0.311 e. The Morgan fingerprint density at radius 2 is 1.17 bits per heavy atom. The Balaban J connectivity index is 1.24. The van der Waals surface area contributed by atoms with Crippen LogP contribution in [0.15, 0.2) is 105 Å². The first-order valence-electron chi connectivity index (χ1n) is 17.1. The molecule has 1 aliphatic rings. The van der Waals surface area contributed by atoms with Crippen molar-refractivity contribution in [1.29, 1.82) is 0 Å². The number of esters is 1. The molecule has 0 spiro atoms. The van der Waals surface area contributed by atoms with E-state index in [0.717, 1.165) is 39.7 Å². The van der Waals surface area contributed by atoms with Crippen molar-refractivity contribution in [3.63, 3.8) is 0 Å². The number of hydrogen-bond acceptors (Lipinski definition) is 7. The molecular weight excluding hydrogens is 637 g/mol. The lowest BCUT2D eigenvalue weighted by Crippen LogP contribution is -2.22. The fraction of sp³-hybridized carbons (Fsp3) is 0.341. The fourth-order valence-electron chi connectivity index (χ4n) is 5.69. The molecule has 5 nitrogen and oxygen atoms in total. The molecule has 48 heavy (non-hydrogen) atoms. The quantitative estimate of drug-likeness (QED) is 0.0550. The van der Waals surface area contributed by atoms with Gasteiger partial charge in [0.2, 0.25) is 0 Å². The predicted molar refractivity (Wildman–Crippen MR) is 194 cm³/mol. The summed E-state index contributed by atoms with van der Waals surface area (Å²) >= 11 is 2.89. The van der Waals surface area contributed by atoms with E-state index in [1.807, 2.05) is 60.7 Å². The normalized spacial score (nSPS) is 12.2. The van der Waals surface area contributed by atoms with Gasteiger partial charge in [-0.05, 0) is 79.4 Å². The summed E-state index contributed by atoms with van der Waals surface area (Å²) < 4.78 is 11.4. The second-order valence-corrected chi connectivity index (χ2v) is 14.8. The van der Waals surface area contributed by atoms with E-state index >= 15 is 0 Å². The van der Waals surface area contributed by atoms with Crippen LogP contribution in [0, 0.1) is 5.92 Å². The van der Waals surface area contributed by atoms with Crippen LogP contribution in [-0.4, -0.2) is 24.1 Å². The molecule has 0 N–H and O–H groups in total. The topological polar surface area (TPSA) is 69.7 Å². The molecule has 0 unspecified atom stereocenters. The number of unbranched alkanes of at least 4 members (excludes halogenated alkanes) is 5. The van der Waals surface area contributed by atoms with Crippen molar-refractivity contribution in [2.45, 2.75) is 98.1 Å². The lowest BCUT2D eigenvalue weighted by Gasteiger charge is -2.22. The van der Waals surface area contributed by atoms with E-state index in [4.69, 9.17) is 9.47 Å². The van der Waals surface area contributed by atoms with E-state index in [1.54, 1.807) is 24.3 Å². The maximum atomic E-state index is 14.0. The zero-order valence-corrected chi connectivity index (χ0v) is 29.7. The highest BCUT2D eigenvalue weighted by Gasteiger charge is 2.33. The zero-order valence-electron chi connectivity index (χ0n) is 28.1. The third-order valence-corrected chi connectivity index (χ3v) is 10.4. The molecule has 0 saturated carbocycles. The van der Waals surface area contributed by atoms with Gasteiger partial charge in [-0.1, -0.05) is 107 Å². The Bertz CT molecular complexity index is 1710. The summed E-state index contributed by atoms with van der Waals surface area (Å²) in [6.07, 6.45) is 9.53. The Kier molecular flexibility index (Phi) is 13.0. The van der Waals surface area contributed by atoms with Crippen molar-refractivity contribution in [3.8, 4) is 11.5 Å². The summed E-state index contributed by atoms with van der Waals surface area (Å²) in [6, 6.07) is 26.1. The van der Waals surface area contributed by atoms with Gasteiger partial charge in [-0.25, -0.2) is 0 Å². The summed E-state index contributed by atoms with van der Waals surface area (Å²) in [6.45, 7) is 7.21. The third-order valence-electron chi connectivity index (χ3n) is 8.26. The monoisotopic (exact) mass is 680 g/mol. The molecule has 0 aliphatic heterocycles. The summed E-state index contributed by atoms with van der Waals surface area (Å²) in [5, 5.41) is 0. The molecule has 7 heteroatoms. The first-order chi connectivity index (χ1) is 23.3. The number of ketones is 2. The van der Waals surface area contributed by atoms with Crippen LogP contribution in [-0.2, 0) is 4.79 Å². The fourth-order valence-corrected chi connectivity index (χ4v) is 7.65. The molecule has 0 amide bonds. The van der Waals surface area contributed by atoms with Gasteiger partial charge in [0.05, 0.1) is 6.61 Å². The van der Waals surface area contributed by atoms with E-state index in [2.05, 4.69) is 20.8 Å². The van der Waals surface area contributed by atoms with Gasteiger partial charge in [-0.2, -0.15) is 0 Å². The van der Waals surface area contributed by atoms with Crippen LogP contribution < -0.4 is 9.47 Å². The Labute approximate surface area is 293 Å². The van der Waals surface area contributed by atoms with Crippen LogP contribution in [0.5, 0.6) is 11.5 Å². The first-order valence-corrected chi connectivity index (χ1v) is 18.7. The number of rotatable bonds is 17. The van der Waals surface area contributed by atoms with Crippen LogP contribution >= 0.6 is 23.5 Å². The molecule has 250 valence electrons. The second kappa shape index (κ2) is 17.5. The average molecular weight is 681 g/mol. The highest BCUT2D eigenvalue weighted by Crippen LogP contribution is 2.41. The van der Waals surface area contributed by atoms with Crippen LogP contribution in [0.2, 0.25) is 0 Å². The van der Waals surface area contributed by atoms with Gasteiger partial charge in [0.1, 0.15) is 11.5 Å². The van der Waals surface area contributed by atoms with Crippen molar-refractivity contribution in [2.24, 2.45) is 5.92 Å². The molecule has 0 saturated heterocycles. The van der Waals surface area contributed by atoms with Crippen molar-refractivity contribution < 1.29 is 23.9 Å². The molecule has 0 atom stereocenters. The molecule has 0 bridgehead atoms. The highest BCUT2D eigenvalue weighted by molar-refractivity contribution is 7.99. The molecule has 5 rings (SSSR count). The largest absolute Gasteiger partial charge is 0.494 e. The number of carbonyl (C=O) groups is 3. The smallest absolute Gasteiger partial charge is 0.311 e. The second-order valence-electron chi connectivity index (χ2n) is 12.5. The number of hydrogen-bond donors (Lipinski definition) is 0. The Morgan fingerprint density at radius 3 is 1.71 bits per heavy atom. The summed E-state index contributed by atoms with van der Waals surface area (Å²) in [4.78, 5) is 43.5. The molecule has 0 heterocycles. The summed E-state index contributed by atoms with van der Waals surface area (Å²) in [5.74, 6) is 1.33. The van der Waals surface area contributed by atoms with Gasteiger partial charge in [0.25, 0.3) is 0 Å². The van der Waals surface area contributed by atoms with Crippen molar-refractivity contribution >= 4 is 41.1 Å². The van der Waals surface area contributed by atoms with Gasteiger partial charge < -0.3 is 9.47 Å². The van der Waals surface area contributed by atoms with Gasteiger partial charge >= 0.3 is 5.97 Å². The lowest BCUT2D eigenvalue weighted by atomic mass is 9.84. The average Bonchev–Trinajstić information content (AvgIpc) is 3.08. The number of ether oxygens (including phenoxy) is 2. The van der Waals surface area contributed by atoms with E-state index in [9.17, 15) is 14.4 Å². The highest BCUT2D eigenvalue weighted by atomic mass is 32.2. The van der Waals surface area contributed by atoms with Gasteiger partial charge in [0, 0.05) is 48.3 Å². The minimum atomic E-state index is -0.238. The molecule has 0 aromatic heterocycles. The van der Waals surface area contributed by atoms with Crippen LogP contribution in [0.1, 0.15) is 110 Å². The number of fused-ring (bicyclic) bond motifs is 2. The molecule has 0 fully saturated rings. The lowest BCUT2D eigenvalue weighted by molar-refractivity contribution is -0.134.